The van der Waals surface area contributed by atoms with Gasteiger partial charge in [-0.05, 0) is 48.0 Å². The summed E-state index contributed by atoms with van der Waals surface area (Å²) in [6, 6.07) is 13.9. The first-order valence-electron chi connectivity index (χ1n) is 6.25. The van der Waals surface area contributed by atoms with Gasteiger partial charge in [0, 0.05) is 28.8 Å². The highest BCUT2D eigenvalue weighted by molar-refractivity contribution is 6.35. The number of nitrogens with zero attached hydrogens (tertiary/aromatic N) is 1. The number of benzene rings is 2. The van der Waals surface area contributed by atoms with E-state index in [4.69, 9.17) is 11.6 Å². The van der Waals surface area contributed by atoms with Crippen LogP contribution in [-0.2, 0) is 6.54 Å². The average molecular weight is 287 g/mol. The highest BCUT2D eigenvalue weighted by Crippen LogP contribution is 2.25. The van der Waals surface area contributed by atoms with Crippen molar-refractivity contribution in [3.8, 4) is 0 Å². The molecule has 4 heteroatoms. The molecule has 2 nitrogen and oxygen atoms in total. The lowest BCUT2D eigenvalue weighted by Gasteiger charge is -2.09. The van der Waals surface area contributed by atoms with Crippen molar-refractivity contribution in [3.05, 3.63) is 71.1 Å². The van der Waals surface area contributed by atoms with Gasteiger partial charge in [-0.1, -0.05) is 17.7 Å². The van der Waals surface area contributed by atoms with Crippen LogP contribution in [0.15, 0.2) is 54.7 Å². The average Bonchev–Trinajstić information content (AvgIpc) is 2.49. The summed E-state index contributed by atoms with van der Waals surface area (Å²) >= 11 is 6.16. The van der Waals surface area contributed by atoms with Gasteiger partial charge in [0.1, 0.15) is 5.82 Å². The Morgan fingerprint density at radius 3 is 2.65 bits per heavy atom. The molecule has 0 saturated heterocycles. The van der Waals surface area contributed by atoms with Crippen molar-refractivity contribution in [2.45, 2.75) is 6.54 Å². The van der Waals surface area contributed by atoms with Gasteiger partial charge in [-0.15, -0.1) is 0 Å². The number of anilines is 1. The van der Waals surface area contributed by atoms with E-state index < -0.39 is 0 Å². The summed E-state index contributed by atoms with van der Waals surface area (Å²) in [7, 11) is 0. The summed E-state index contributed by atoms with van der Waals surface area (Å²) in [6.07, 6.45) is 1.75. The molecule has 1 aromatic heterocycles. The van der Waals surface area contributed by atoms with Crippen LogP contribution >= 0.6 is 11.6 Å². The SMILES string of the molecule is Fc1ccc(NCc2ccc(Cl)c3cccnc23)cc1. The fraction of sp³-hybridized carbons (Fsp3) is 0.0625. The number of nitrogens with one attached hydrogen (secondary N) is 1. The first-order valence-corrected chi connectivity index (χ1v) is 6.63. The van der Waals surface area contributed by atoms with E-state index in [-0.39, 0.29) is 5.82 Å². The molecule has 0 aliphatic heterocycles. The first kappa shape index (κ1) is 12.9. The summed E-state index contributed by atoms with van der Waals surface area (Å²) in [5, 5.41) is 4.88. The fourth-order valence-corrected chi connectivity index (χ4v) is 2.32. The summed E-state index contributed by atoms with van der Waals surface area (Å²) in [4.78, 5) is 4.38. The molecule has 1 heterocycles. The third-order valence-corrected chi connectivity index (χ3v) is 3.46. The van der Waals surface area contributed by atoms with Gasteiger partial charge in [-0.2, -0.15) is 0 Å². The van der Waals surface area contributed by atoms with Gasteiger partial charge in [0.2, 0.25) is 0 Å². The normalized spacial score (nSPS) is 10.7. The fourth-order valence-electron chi connectivity index (χ4n) is 2.10. The lowest BCUT2D eigenvalue weighted by atomic mass is 10.1. The maximum atomic E-state index is 12.9. The van der Waals surface area contributed by atoms with Crippen LogP contribution in [0.1, 0.15) is 5.56 Å². The molecule has 0 unspecified atom stereocenters. The van der Waals surface area contributed by atoms with Crippen molar-refractivity contribution in [3.63, 3.8) is 0 Å². The number of pyridine rings is 1. The molecule has 2 aromatic carbocycles. The molecule has 0 amide bonds. The quantitative estimate of drug-likeness (QED) is 0.759. The van der Waals surface area contributed by atoms with Gasteiger partial charge in [0.05, 0.1) is 5.52 Å². The molecule has 0 aliphatic rings. The molecule has 0 saturated carbocycles. The third-order valence-electron chi connectivity index (χ3n) is 3.13. The molecule has 1 N–H and O–H groups in total. The van der Waals surface area contributed by atoms with Gasteiger partial charge in [-0.25, -0.2) is 4.39 Å². The van der Waals surface area contributed by atoms with Crippen LogP contribution in [0.25, 0.3) is 10.9 Å². The Morgan fingerprint density at radius 2 is 1.85 bits per heavy atom. The van der Waals surface area contributed by atoms with E-state index >= 15 is 0 Å². The summed E-state index contributed by atoms with van der Waals surface area (Å²) in [5.74, 6) is -0.242. The predicted octanol–water partition coefficient (Wildman–Crippen LogP) is 4.64. The number of hydrogen-bond acceptors (Lipinski definition) is 2. The third kappa shape index (κ3) is 2.58. The lowest BCUT2D eigenvalue weighted by Crippen LogP contribution is -2.01. The van der Waals surface area contributed by atoms with Crippen molar-refractivity contribution in [2.75, 3.05) is 5.32 Å². The minimum absolute atomic E-state index is 0.242. The zero-order valence-corrected chi connectivity index (χ0v) is 11.4. The number of hydrogen-bond donors (Lipinski definition) is 1. The van der Waals surface area contributed by atoms with Crippen LogP contribution < -0.4 is 5.32 Å². The Bertz CT molecular complexity index is 741. The van der Waals surface area contributed by atoms with Gasteiger partial charge in [0.15, 0.2) is 0 Å². The van der Waals surface area contributed by atoms with Gasteiger partial charge in [0.25, 0.3) is 0 Å². The number of rotatable bonds is 3. The second-order valence-electron chi connectivity index (χ2n) is 4.47. The van der Waals surface area contributed by atoms with E-state index in [9.17, 15) is 4.39 Å². The minimum atomic E-state index is -0.242. The number of halogens is 2. The van der Waals surface area contributed by atoms with Crippen molar-refractivity contribution in [1.29, 1.82) is 0 Å². The molecule has 0 spiro atoms. The molecule has 3 rings (SSSR count). The molecule has 3 aromatic rings. The highest BCUT2D eigenvalue weighted by Gasteiger charge is 2.05. The van der Waals surface area contributed by atoms with Crippen molar-refractivity contribution >= 4 is 28.2 Å². The topological polar surface area (TPSA) is 24.9 Å². The molecule has 0 fully saturated rings. The van der Waals surface area contributed by atoms with Crippen molar-refractivity contribution in [2.24, 2.45) is 0 Å². The first-order chi connectivity index (χ1) is 9.74. The Balaban J connectivity index is 1.88. The van der Waals surface area contributed by atoms with Gasteiger partial charge < -0.3 is 5.32 Å². The van der Waals surface area contributed by atoms with Crippen LogP contribution in [0.3, 0.4) is 0 Å². The standard InChI is InChI=1S/C16H12ClFN2/c17-15-8-3-11(16-14(15)2-1-9-19-16)10-20-13-6-4-12(18)5-7-13/h1-9,20H,10H2. The molecule has 0 radical (unpaired) electrons. The van der Waals surface area contributed by atoms with E-state index in [1.807, 2.05) is 24.3 Å². The van der Waals surface area contributed by atoms with E-state index in [1.165, 1.54) is 12.1 Å². The molecular formula is C16H12ClFN2. The summed E-state index contributed by atoms with van der Waals surface area (Å²) in [6.45, 7) is 0.607. The Kier molecular flexibility index (Phi) is 3.52. The van der Waals surface area contributed by atoms with Crippen molar-refractivity contribution < 1.29 is 4.39 Å². The number of fused-ring (bicyclic) bond motifs is 1. The zero-order valence-electron chi connectivity index (χ0n) is 10.6. The lowest BCUT2D eigenvalue weighted by molar-refractivity contribution is 0.628. The molecule has 0 aliphatic carbocycles. The Morgan fingerprint density at radius 1 is 1.05 bits per heavy atom. The van der Waals surface area contributed by atoms with Gasteiger partial charge in [-0.3, -0.25) is 4.98 Å². The Labute approximate surface area is 121 Å². The van der Waals surface area contributed by atoms with E-state index in [0.717, 1.165) is 22.2 Å². The number of aromatic nitrogens is 1. The molecular weight excluding hydrogens is 275 g/mol. The molecule has 100 valence electrons. The highest BCUT2D eigenvalue weighted by atomic mass is 35.5. The molecule has 20 heavy (non-hydrogen) atoms. The van der Waals surface area contributed by atoms with Crippen LogP contribution in [0.5, 0.6) is 0 Å². The minimum Gasteiger partial charge on any atom is -0.381 e. The second-order valence-corrected chi connectivity index (χ2v) is 4.87. The van der Waals surface area contributed by atoms with Crippen LogP contribution in [0.2, 0.25) is 5.02 Å². The smallest absolute Gasteiger partial charge is 0.123 e. The zero-order chi connectivity index (χ0) is 13.9. The second kappa shape index (κ2) is 5.47. The summed E-state index contributed by atoms with van der Waals surface area (Å²) < 4.78 is 12.9. The van der Waals surface area contributed by atoms with Crippen LogP contribution in [0, 0.1) is 5.82 Å². The van der Waals surface area contributed by atoms with E-state index in [0.29, 0.717) is 11.6 Å². The van der Waals surface area contributed by atoms with E-state index in [2.05, 4.69) is 10.3 Å². The van der Waals surface area contributed by atoms with Crippen molar-refractivity contribution in [1.82, 2.24) is 4.98 Å². The van der Waals surface area contributed by atoms with Crippen LogP contribution in [-0.4, -0.2) is 4.98 Å². The maximum absolute atomic E-state index is 12.9. The largest absolute Gasteiger partial charge is 0.381 e. The molecule has 0 atom stereocenters. The van der Waals surface area contributed by atoms with Crippen LogP contribution in [0.4, 0.5) is 10.1 Å². The molecule has 0 bridgehead atoms. The predicted molar refractivity (Wildman–Crippen MR) is 80.5 cm³/mol. The monoisotopic (exact) mass is 286 g/mol. The summed E-state index contributed by atoms with van der Waals surface area (Å²) in [5.41, 5.74) is 2.80. The Hall–Kier alpha value is -2.13. The maximum Gasteiger partial charge on any atom is 0.123 e. The van der Waals surface area contributed by atoms with E-state index in [1.54, 1.807) is 18.3 Å². The van der Waals surface area contributed by atoms with Gasteiger partial charge >= 0.3 is 0 Å².